The van der Waals surface area contributed by atoms with E-state index in [1.54, 1.807) is 11.9 Å². The molecule has 30 heavy (non-hydrogen) atoms. The van der Waals surface area contributed by atoms with Gasteiger partial charge in [-0.3, -0.25) is 9.59 Å². The molecule has 1 fully saturated rings. The summed E-state index contributed by atoms with van der Waals surface area (Å²) < 4.78 is 0. The molecule has 0 atom stereocenters. The number of anilines is 1. The number of hydrogen-bond donors (Lipinski definition) is 3. The molecule has 1 aliphatic heterocycles. The maximum absolute atomic E-state index is 12.6. The number of amides is 2. The van der Waals surface area contributed by atoms with Crippen LogP contribution in [0.4, 0.5) is 5.69 Å². The highest BCUT2D eigenvalue weighted by molar-refractivity contribution is 5.94. The fraction of sp³-hybridized carbons (Fsp3) is 0.417. The minimum atomic E-state index is -0.169. The van der Waals surface area contributed by atoms with Gasteiger partial charge in [-0.1, -0.05) is 47.5 Å². The van der Waals surface area contributed by atoms with Crippen LogP contribution in [0.1, 0.15) is 16.7 Å². The Morgan fingerprint density at radius 3 is 2.27 bits per heavy atom. The third-order valence-corrected chi connectivity index (χ3v) is 5.74. The van der Waals surface area contributed by atoms with E-state index in [2.05, 4.69) is 36.5 Å². The van der Waals surface area contributed by atoms with Crippen LogP contribution in [0.15, 0.2) is 48.5 Å². The summed E-state index contributed by atoms with van der Waals surface area (Å²) in [6, 6.07) is 16.4. The van der Waals surface area contributed by atoms with Crippen LogP contribution < -0.4 is 15.1 Å². The van der Waals surface area contributed by atoms with Gasteiger partial charge in [0.1, 0.15) is 32.7 Å². The first kappa shape index (κ1) is 22.0. The smallest absolute Gasteiger partial charge is 0.277 e. The first-order valence-electron chi connectivity index (χ1n) is 10.7. The van der Waals surface area contributed by atoms with Gasteiger partial charge in [-0.25, -0.2) is 0 Å². The van der Waals surface area contributed by atoms with Gasteiger partial charge in [0.15, 0.2) is 6.54 Å². The maximum Gasteiger partial charge on any atom is 0.277 e. The van der Waals surface area contributed by atoms with Gasteiger partial charge in [-0.05, 0) is 26.0 Å². The van der Waals surface area contributed by atoms with Crippen molar-refractivity contribution in [1.82, 2.24) is 4.90 Å². The maximum atomic E-state index is 12.6. The molecule has 0 radical (unpaired) electrons. The van der Waals surface area contributed by atoms with Crippen LogP contribution in [0.2, 0.25) is 0 Å². The van der Waals surface area contributed by atoms with Crippen molar-refractivity contribution >= 4 is 17.5 Å². The van der Waals surface area contributed by atoms with Crippen molar-refractivity contribution < 1.29 is 19.4 Å². The molecule has 2 aromatic rings. The molecule has 3 rings (SSSR count). The van der Waals surface area contributed by atoms with Crippen molar-refractivity contribution in [1.29, 1.82) is 0 Å². The quantitative estimate of drug-likeness (QED) is 0.586. The summed E-state index contributed by atoms with van der Waals surface area (Å²) in [4.78, 5) is 29.2. The molecule has 0 unspecified atom stereocenters. The van der Waals surface area contributed by atoms with Crippen molar-refractivity contribution in [3.05, 3.63) is 65.2 Å². The van der Waals surface area contributed by atoms with Crippen molar-refractivity contribution in [3.63, 3.8) is 0 Å². The first-order valence-corrected chi connectivity index (χ1v) is 10.7. The van der Waals surface area contributed by atoms with Crippen LogP contribution in [0.5, 0.6) is 0 Å². The van der Waals surface area contributed by atoms with Crippen LogP contribution in [0, 0.1) is 13.8 Å². The van der Waals surface area contributed by atoms with Crippen LogP contribution in [0.25, 0.3) is 0 Å². The predicted octanol–water partition coefficient (Wildman–Crippen LogP) is -0.316. The molecule has 1 saturated heterocycles. The van der Waals surface area contributed by atoms with Crippen molar-refractivity contribution in [2.24, 2.45) is 0 Å². The zero-order chi connectivity index (χ0) is 21.5. The Morgan fingerprint density at radius 2 is 1.60 bits per heavy atom. The average molecular weight is 411 g/mol. The number of carbonyl (C=O) groups is 2. The van der Waals surface area contributed by atoms with Gasteiger partial charge in [0.05, 0.1) is 6.54 Å². The van der Waals surface area contributed by atoms with Gasteiger partial charge in [0, 0.05) is 18.3 Å². The van der Waals surface area contributed by atoms with Gasteiger partial charge < -0.3 is 20.0 Å². The molecule has 1 aliphatic rings. The SMILES string of the molecule is Cc1ccc(NC(=O)CN(C)C(=O)C[NH+]2CC[NH+](Cc3cccc(C)c3)CC2)cc1. The monoisotopic (exact) mass is 410 g/mol. The lowest BCUT2D eigenvalue weighted by Crippen LogP contribution is -3.28. The molecule has 6 nitrogen and oxygen atoms in total. The fourth-order valence-corrected chi connectivity index (χ4v) is 3.91. The minimum Gasteiger partial charge on any atom is -0.332 e. The Balaban J connectivity index is 1.39. The minimum absolute atomic E-state index is 0.0196. The first-order chi connectivity index (χ1) is 14.4. The van der Waals surface area contributed by atoms with E-state index in [-0.39, 0.29) is 18.4 Å². The second-order valence-corrected chi connectivity index (χ2v) is 8.51. The van der Waals surface area contributed by atoms with E-state index in [0.29, 0.717) is 6.54 Å². The van der Waals surface area contributed by atoms with E-state index >= 15 is 0 Å². The van der Waals surface area contributed by atoms with E-state index in [1.807, 2.05) is 31.2 Å². The Bertz CT molecular complexity index is 858. The Kier molecular flexibility index (Phi) is 7.60. The lowest BCUT2D eigenvalue weighted by atomic mass is 10.1. The molecular formula is C24H34N4O2+2. The van der Waals surface area contributed by atoms with Gasteiger partial charge in [0.25, 0.3) is 5.91 Å². The summed E-state index contributed by atoms with van der Waals surface area (Å²) in [6.07, 6.45) is 0. The topological polar surface area (TPSA) is 58.3 Å². The van der Waals surface area contributed by atoms with E-state index in [0.717, 1.165) is 44.0 Å². The molecule has 0 aliphatic carbocycles. The van der Waals surface area contributed by atoms with Crippen LogP contribution in [0.3, 0.4) is 0 Å². The molecule has 0 spiro atoms. The predicted molar refractivity (Wildman–Crippen MR) is 119 cm³/mol. The van der Waals surface area contributed by atoms with Crippen LogP contribution in [-0.4, -0.2) is 63.0 Å². The lowest BCUT2D eigenvalue weighted by Gasteiger charge is -2.30. The summed E-state index contributed by atoms with van der Waals surface area (Å²) in [5, 5.41) is 2.85. The normalized spacial score (nSPS) is 18.6. The summed E-state index contributed by atoms with van der Waals surface area (Å²) in [5.41, 5.74) is 4.58. The third kappa shape index (κ3) is 6.68. The van der Waals surface area contributed by atoms with Crippen molar-refractivity contribution in [3.8, 4) is 0 Å². The molecule has 160 valence electrons. The van der Waals surface area contributed by atoms with E-state index in [1.165, 1.54) is 20.9 Å². The summed E-state index contributed by atoms with van der Waals surface area (Å²) in [7, 11) is 1.70. The second kappa shape index (κ2) is 10.4. The number of nitrogens with zero attached hydrogens (tertiary/aromatic N) is 1. The van der Waals surface area contributed by atoms with E-state index < -0.39 is 0 Å². The molecule has 0 saturated carbocycles. The molecule has 2 amide bonds. The second-order valence-electron chi connectivity index (χ2n) is 8.51. The third-order valence-electron chi connectivity index (χ3n) is 5.74. The Hall–Kier alpha value is -2.70. The van der Waals surface area contributed by atoms with E-state index in [9.17, 15) is 9.59 Å². The standard InChI is InChI=1S/C24H32N4O2/c1-19-7-9-22(10-8-19)25-23(29)17-26(3)24(30)18-28-13-11-27(12-14-28)16-21-6-4-5-20(2)15-21/h4-10,15H,11-14,16-18H2,1-3H3,(H,25,29)/p+2. The van der Waals surface area contributed by atoms with Crippen LogP contribution in [-0.2, 0) is 16.1 Å². The molecule has 0 bridgehead atoms. The molecule has 2 aromatic carbocycles. The molecular weight excluding hydrogens is 376 g/mol. The van der Waals surface area contributed by atoms with Crippen LogP contribution >= 0.6 is 0 Å². The van der Waals surface area contributed by atoms with Gasteiger partial charge in [0.2, 0.25) is 5.91 Å². The zero-order valence-electron chi connectivity index (χ0n) is 18.3. The molecule has 1 heterocycles. The number of rotatable bonds is 7. The van der Waals surface area contributed by atoms with Gasteiger partial charge >= 0.3 is 0 Å². The fourth-order valence-electron chi connectivity index (χ4n) is 3.91. The summed E-state index contributed by atoms with van der Waals surface area (Å²) >= 11 is 0. The number of aryl methyl sites for hydroxylation is 2. The highest BCUT2D eigenvalue weighted by Gasteiger charge is 2.26. The summed E-state index contributed by atoms with van der Waals surface area (Å²) in [5.74, 6) is -0.150. The molecule has 0 aromatic heterocycles. The number of carbonyl (C=O) groups excluding carboxylic acids is 2. The molecule has 6 heteroatoms. The number of nitrogens with one attached hydrogen (secondary N) is 3. The zero-order valence-corrected chi connectivity index (χ0v) is 18.3. The number of benzene rings is 2. The highest BCUT2D eigenvalue weighted by Crippen LogP contribution is 2.08. The van der Waals surface area contributed by atoms with Crippen molar-refractivity contribution in [2.45, 2.75) is 20.4 Å². The number of likely N-dealkylation sites (N-methyl/N-ethyl adjacent to an activating group) is 1. The van der Waals surface area contributed by atoms with Gasteiger partial charge in [-0.15, -0.1) is 0 Å². The summed E-state index contributed by atoms with van der Waals surface area (Å²) in [6.45, 7) is 9.79. The Morgan fingerprint density at radius 1 is 0.933 bits per heavy atom. The number of piperazine rings is 1. The van der Waals surface area contributed by atoms with Gasteiger partial charge in [-0.2, -0.15) is 0 Å². The molecule has 3 N–H and O–H groups in total. The largest absolute Gasteiger partial charge is 0.332 e. The lowest BCUT2D eigenvalue weighted by molar-refractivity contribution is -1.02. The van der Waals surface area contributed by atoms with Crippen molar-refractivity contribution in [2.75, 3.05) is 51.6 Å². The highest BCUT2D eigenvalue weighted by atomic mass is 16.2. The number of quaternary nitrogens is 2. The average Bonchev–Trinajstić information content (AvgIpc) is 2.71. The number of hydrogen-bond acceptors (Lipinski definition) is 2. The Labute approximate surface area is 179 Å². The van der Waals surface area contributed by atoms with E-state index in [4.69, 9.17) is 0 Å².